The topological polar surface area (TPSA) is 53.0 Å². The Kier molecular flexibility index (Phi) is 5.41. The van der Waals surface area contributed by atoms with Crippen molar-refractivity contribution in [1.82, 2.24) is 9.80 Å². The van der Waals surface area contributed by atoms with Gasteiger partial charge in [-0.2, -0.15) is 0 Å². The lowest BCUT2D eigenvalue weighted by Crippen LogP contribution is -2.39. The molecule has 1 rings (SSSR count). The van der Waals surface area contributed by atoms with Crippen LogP contribution < -0.4 is 0 Å². The third kappa shape index (κ3) is 4.82. The first kappa shape index (κ1) is 15.2. The number of carbonyl (C=O) groups is 1. The Morgan fingerprint density at radius 1 is 1.50 bits per heavy atom. The number of likely N-dealkylation sites (N-methyl/N-ethyl adjacent to an activating group) is 1. The highest BCUT2D eigenvalue weighted by Crippen LogP contribution is 2.18. The zero-order valence-corrected chi connectivity index (χ0v) is 12.0. The highest BCUT2D eigenvalue weighted by molar-refractivity contribution is 5.68. The van der Waals surface area contributed by atoms with Gasteiger partial charge in [0.25, 0.3) is 0 Å². The Balaban J connectivity index is 2.38. The van der Waals surface area contributed by atoms with Crippen LogP contribution in [-0.4, -0.2) is 65.9 Å². The molecule has 0 saturated carbocycles. The third-order valence-electron chi connectivity index (χ3n) is 3.11. The molecule has 1 N–H and O–H groups in total. The second kappa shape index (κ2) is 6.38. The van der Waals surface area contributed by atoms with E-state index in [2.05, 4.69) is 4.90 Å². The molecule has 1 aliphatic rings. The van der Waals surface area contributed by atoms with Crippen molar-refractivity contribution >= 4 is 6.09 Å². The molecule has 106 valence electrons. The van der Waals surface area contributed by atoms with Crippen molar-refractivity contribution in [3.8, 4) is 0 Å². The van der Waals surface area contributed by atoms with Crippen LogP contribution in [0.4, 0.5) is 4.79 Å². The number of likely N-dealkylation sites (tertiary alicyclic amines) is 1. The molecule has 1 aliphatic heterocycles. The van der Waals surface area contributed by atoms with E-state index in [1.165, 1.54) is 0 Å². The predicted molar refractivity (Wildman–Crippen MR) is 70.5 cm³/mol. The normalized spacial score (nSPS) is 20.6. The van der Waals surface area contributed by atoms with E-state index in [0.29, 0.717) is 6.04 Å². The van der Waals surface area contributed by atoms with Gasteiger partial charge in [0.05, 0.1) is 0 Å². The number of hydrogen-bond donors (Lipinski definition) is 1. The number of aliphatic hydroxyl groups excluding tert-OH is 1. The van der Waals surface area contributed by atoms with Crippen LogP contribution in [0.25, 0.3) is 0 Å². The molecule has 0 bridgehead atoms. The van der Waals surface area contributed by atoms with Crippen molar-refractivity contribution in [2.75, 3.05) is 33.3 Å². The summed E-state index contributed by atoms with van der Waals surface area (Å²) < 4.78 is 5.36. The average molecular weight is 258 g/mol. The molecule has 5 heteroatoms. The van der Waals surface area contributed by atoms with Crippen molar-refractivity contribution in [2.45, 2.75) is 45.3 Å². The van der Waals surface area contributed by atoms with Crippen molar-refractivity contribution < 1.29 is 14.6 Å². The molecule has 0 radical (unpaired) electrons. The fourth-order valence-corrected chi connectivity index (χ4v) is 2.10. The van der Waals surface area contributed by atoms with Crippen LogP contribution in [0.2, 0.25) is 0 Å². The molecule has 1 amide bonds. The van der Waals surface area contributed by atoms with Crippen LogP contribution in [0.15, 0.2) is 0 Å². The largest absolute Gasteiger partial charge is 0.444 e. The predicted octanol–water partition coefficient (Wildman–Crippen LogP) is 1.31. The van der Waals surface area contributed by atoms with Crippen LogP contribution in [0, 0.1) is 0 Å². The molecule has 1 fully saturated rings. The quantitative estimate of drug-likeness (QED) is 0.826. The number of amides is 1. The van der Waals surface area contributed by atoms with Crippen LogP contribution in [0.1, 0.15) is 33.6 Å². The molecular weight excluding hydrogens is 232 g/mol. The van der Waals surface area contributed by atoms with Gasteiger partial charge in [-0.05, 0) is 40.7 Å². The van der Waals surface area contributed by atoms with E-state index in [9.17, 15) is 4.79 Å². The van der Waals surface area contributed by atoms with E-state index in [0.717, 1.165) is 32.5 Å². The Morgan fingerprint density at radius 2 is 2.17 bits per heavy atom. The van der Waals surface area contributed by atoms with Crippen molar-refractivity contribution in [2.24, 2.45) is 0 Å². The summed E-state index contributed by atoms with van der Waals surface area (Å²) in [7, 11) is 2.04. The van der Waals surface area contributed by atoms with Crippen LogP contribution in [-0.2, 0) is 4.74 Å². The summed E-state index contributed by atoms with van der Waals surface area (Å²) in [5.74, 6) is 0. The Labute approximate surface area is 110 Å². The molecule has 0 aromatic heterocycles. The first-order valence-corrected chi connectivity index (χ1v) is 6.62. The lowest BCUT2D eigenvalue weighted by Gasteiger charge is -2.26. The Hall–Kier alpha value is -0.810. The molecule has 1 atom stereocenters. The molecule has 0 aliphatic carbocycles. The first-order valence-electron chi connectivity index (χ1n) is 6.62. The third-order valence-corrected chi connectivity index (χ3v) is 3.11. The van der Waals surface area contributed by atoms with Crippen molar-refractivity contribution in [1.29, 1.82) is 0 Å². The summed E-state index contributed by atoms with van der Waals surface area (Å²) in [5.41, 5.74) is -0.433. The monoisotopic (exact) mass is 258 g/mol. The van der Waals surface area contributed by atoms with E-state index in [-0.39, 0.29) is 12.7 Å². The second-order valence-electron chi connectivity index (χ2n) is 5.93. The van der Waals surface area contributed by atoms with E-state index in [4.69, 9.17) is 9.84 Å². The molecule has 0 aromatic carbocycles. The highest BCUT2D eigenvalue weighted by Gasteiger charge is 2.31. The van der Waals surface area contributed by atoms with Gasteiger partial charge in [-0.3, -0.25) is 0 Å². The number of nitrogens with zero attached hydrogens (tertiary/aromatic N) is 2. The standard InChI is InChI=1S/C13H26N2O3/c1-13(2,3)18-12(17)15-8-6-11(10-15)14(4)7-5-9-16/h11,16H,5-10H2,1-4H3. The molecule has 5 nitrogen and oxygen atoms in total. The van der Waals surface area contributed by atoms with Gasteiger partial charge in [0.15, 0.2) is 0 Å². The van der Waals surface area contributed by atoms with Gasteiger partial charge >= 0.3 is 6.09 Å². The number of carbonyl (C=O) groups excluding carboxylic acids is 1. The first-order chi connectivity index (χ1) is 8.33. The summed E-state index contributed by atoms with van der Waals surface area (Å²) in [6, 6.07) is 0.379. The highest BCUT2D eigenvalue weighted by atomic mass is 16.6. The number of ether oxygens (including phenoxy) is 1. The maximum Gasteiger partial charge on any atom is 0.410 e. The summed E-state index contributed by atoms with van der Waals surface area (Å²) in [4.78, 5) is 15.9. The number of aliphatic hydroxyl groups is 1. The van der Waals surface area contributed by atoms with Gasteiger partial charge in [-0.1, -0.05) is 0 Å². The smallest absolute Gasteiger partial charge is 0.410 e. The van der Waals surface area contributed by atoms with Gasteiger partial charge in [0, 0.05) is 32.3 Å². The molecule has 18 heavy (non-hydrogen) atoms. The van der Waals surface area contributed by atoms with Gasteiger partial charge in [-0.15, -0.1) is 0 Å². The minimum absolute atomic E-state index is 0.215. The second-order valence-corrected chi connectivity index (χ2v) is 5.93. The van der Waals surface area contributed by atoms with Gasteiger partial charge in [0.2, 0.25) is 0 Å². The Bertz CT molecular complexity index is 276. The SMILES string of the molecule is CN(CCCO)C1CCN(C(=O)OC(C)(C)C)C1. The van der Waals surface area contributed by atoms with Gasteiger partial charge in [-0.25, -0.2) is 4.79 Å². The molecule has 1 unspecified atom stereocenters. The van der Waals surface area contributed by atoms with E-state index in [1.807, 2.05) is 27.8 Å². The zero-order chi connectivity index (χ0) is 13.8. The molecule has 1 saturated heterocycles. The van der Waals surface area contributed by atoms with Crippen LogP contribution in [0.5, 0.6) is 0 Å². The maximum atomic E-state index is 11.9. The molecule has 0 spiro atoms. The fourth-order valence-electron chi connectivity index (χ4n) is 2.10. The van der Waals surface area contributed by atoms with E-state index < -0.39 is 5.60 Å². The average Bonchev–Trinajstić information content (AvgIpc) is 2.72. The summed E-state index contributed by atoms with van der Waals surface area (Å²) in [6.45, 7) is 8.19. The summed E-state index contributed by atoms with van der Waals surface area (Å²) >= 11 is 0. The van der Waals surface area contributed by atoms with Crippen molar-refractivity contribution in [3.63, 3.8) is 0 Å². The van der Waals surface area contributed by atoms with Gasteiger partial charge in [0.1, 0.15) is 5.60 Å². The molecular formula is C13H26N2O3. The lowest BCUT2D eigenvalue weighted by molar-refractivity contribution is 0.0282. The zero-order valence-electron chi connectivity index (χ0n) is 12.0. The maximum absolute atomic E-state index is 11.9. The van der Waals surface area contributed by atoms with E-state index in [1.54, 1.807) is 4.90 Å². The number of hydrogen-bond acceptors (Lipinski definition) is 4. The number of rotatable bonds is 4. The lowest BCUT2D eigenvalue weighted by atomic mass is 10.2. The van der Waals surface area contributed by atoms with E-state index >= 15 is 0 Å². The van der Waals surface area contributed by atoms with Crippen LogP contribution in [0.3, 0.4) is 0 Å². The van der Waals surface area contributed by atoms with Crippen molar-refractivity contribution in [3.05, 3.63) is 0 Å². The molecule has 1 heterocycles. The fraction of sp³-hybridized carbons (Fsp3) is 0.923. The minimum atomic E-state index is -0.433. The van der Waals surface area contributed by atoms with Gasteiger partial charge < -0.3 is 19.6 Å². The minimum Gasteiger partial charge on any atom is -0.444 e. The molecule has 0 aromatic rings. The van der Waals surface area contributed by atoms with Crippen LogP contribution >= 0.6 is 0 Å². The Morgan fingerprint density at radius 3 is 2.72 bits per heavy atom. The summed E-state index contributed by atoms with van der Waals surface area (Å²) in [5, 5.41) is 8.81. The summed E-state index contributed by atoms with van der Waals surface area (Å²) in [6.07, 6.45) is 1.53.